The van der Waals surface area contributed by atoms with Crippen molar-refractivity contribution in [3.8, 4) is 5.75 Å². The van der Waals surface area contributed by atoms with Crippen LogP contribution in [0.3, 0.4) is 0 Å². The van der Waals surface area contributed by atoms with Crippen LogP contribution < -0.4 is 15.2 Å². The van der Waals surface area contributed by atoms with Crippen LogP contribution in [-0.2, 0) is 19.5 Å². The van der Waals surface area contributed by atoms with Gasteiger partial charge in [-0.15, -0.1) is 0 Å². The molecule has 8 nitrogen and oxygen atoms in total. The molecule has 138 valence electrons. The number of fused-ring (bicyclic) bond motifs is 1. The highest BCUT2D eigenvalue weighted by atomic mass is 32.2. The van der Waals surface area contributed by atoms with Crippen molar-refractivity contribution >= 4 is 15.9 Å². The molecule has 1 aliphatic heterocycles. The molecule has 2 fully saturated rings. The van der Waals surface area contributed by atoms with Gasteiger partial charge in [0.1, 0.15) is 5.75 Å². The van der Waals surface area contributed by atoms with Crippen molar-refractivity contribution in [1.29, 1.82) is 0 Å². The molecule has 1 aromatic rings. The van der Waals surface area contributed by atoms with Crippen LogP contribution in [0.2, 0.25) is 0 Å². The average molecular weight is 370 g/mol. The Bertz CT molecular complexity index is 751. The summed E-state index contributed by atoms with van der Waals surface area (Å²) in [4.78, 5) is 11.5. The predicted octanol–water partition coefficient (Wildman–Crippen LogP) is 0.409. The minimum absolute atomic E-state index is 0.0231. The molecule has 9 heteroatoms. The molecule has 1 saturated carbocycles. The van der Waals surface area contributed by atoms with Crippen LogP contribution in [0.15, 0.2) is 23.1 Å². The van der Waals surface area contributed by atoms with Gasteiger partial charge in [0.05, 0.1) is 43.0 Å². The Morgan fingerprint density at radius 2 is 1.96 bits per heavy atom. The Morgan fingerprint density at radius 1 is 1.24 bits per heavy atom. The van der Waals surface area contributed by atoms with Gasteiger partial charge in [-0.3, -0.25) is 4.79 Å². The Labute approximate surface area is 146 Å². The fourth-order valence-corrected chi connectivity index (χ4v) is 4.62. The third-order valence-electron chi connectivity index (χ3n) is 4.55. The maximum atomic E-state index is 12.7. The summed E-state index contributed by atoms with van der Waals surface area (Å²) in [5.74, 6) is -0.512. The van der Waals surface area contributed by atoms with E-state index in [4.69, 9.17) is 19.9 Å². The summed E-state index contributed by atoms with van der Waals surface area (Å²) in [5.41, 5.74) is 5.32. The van der Waals surface area contributed by atoms with Crippen LogP contribution in [0.4, 0.5) is 0 Å². The van der Waals surface area contributed by atoms with E-state index in [-0.39, 0.29) is 34.5 Å². The standard InChI is InChI=1S/C16H22N2O6S/c1-22-13-5-3-11(9-12(13)16(17)19)25(20,21)18-10-2-4-14-15(8-10)24-7-6-23-14/h3,5,9-10,14-15,18H,2,4,6-8H2,1H3,(H2,17,19). The lowest BCUT2D eigenvalue weighted by atomic mass is 9.90. The van der Waals surface area contributed by atoms with Gasteiger partial charge < -0.3 is 19.9 Å². The van der Waals surface area contributed by atoms with Crippen molar-refractivity contribution in [2.75, 3.05) is 20.3 Å². The summed E-state index contributed by atoms with van der Waals surface area (Å²) in [6.07, 6.45) is 1.92. The summed E-state index contributed by atoms with van der Waals surface area (Å²) in [7, 11) is -2.40. The van der Waals surface area contributed by atoms with Crippen molar-refractivity contribution in [2.24, 2.45) is 5.73 Å². The molecule has 0 bridgehead atoms. The van der Waals surface area contributed by atoms with E-state index < -0.39 is 15.9 Å². The molecule has 3 atom stereocenters. The first-order valence-electron chi connectivity index (χ1n) is 8.14. The van der Waals surface area contributed by atoms with Crippen LogP contribution in [0.1, 0.15) is 29.6 Å². The summed E-state index contributed by atoms with van der Waals surface area (Å²) < 4.78 is 44.4. The molecular formula is C16H22N2O6S. The molecule has 1 aliphatic carbocycles. The van der Waals surface area contributed by atoms with E-state index in [1.807, 2.05) is 0 Å². The average Bonchev–Trinajstić information content (AvgIpc) is 2.60. The molecule has 1 amide bonds. The van der Waals surface area contributed by atoms with Gasteiger partial charge in [-0.1, -0.05) is 0 Å². The lowest BCUT2D eigenvalue weighted by Gasteiger charge is -2.38. The smallest absolute Gasteiger partial charge is 0.252 e. The molecule has 1 heterocycles. The number of hydrogen-bond donors (Lipinski definition) is 2. The van der Waals surface area contributed by atoms with E-state index in [1.54, 1.807) is 0 Å². The second-order valence-electron chi connectivity index (χ2n) is 6.18. The minimum atomic E-state index is -3.79. The molecule has 1 saturated heterocycles. The SMILES string of the molecule is COc1ccc(S(=O)(=O)NC2CCC3OCCOC3C2)cc1C(N)=O. The third kappa shape index (κ3) is 3.95. The van der Waals surface area contributed by atoms with Crippen LogP contribution in [0, 0.1) is 0 Å². The maximum Gasteiger partial charge on any atom is 0.252 e. The Hall–Kier alpha value is -1.68. The van der Waals surface area contributed by atoms with Crippen molar-refractivity contribution in [2.45, 2.75) is 42.4 Å². The summed E-state index contributed by atoms with van der Waals surface area (Å²) in [5, 5.41) is 0. The summed E-state index contributed by atoms with van der Waals surface area (Å²) in [6, 6.07) is 3.80. The van der Waals surface area contributed by atoms with E-state index in [0.717, 1.165) is 6.42 Å². The largest absolute Gasteiger partial charge is 0.496 e. The summed E-state index contributed by atoms with van der Waals surface area (Å²) >= 11 is 0. The van der Waals surface area contributed by atoms with Gasteiger partial charge in [-0.2, -0.15) is 0 Å². The Balaban J connectivity index is 1.75. The number of ether oxygens (including phenoxy) is 3. The molecule has 25 heavy (non-hydrogen) atoms. The zero-order valence-electron chi connectivity index (χ0n) is 13.9. The van der Waals surface area contributed by atoms with Crippen LogP contribution in [-0.4, -0.2) is 52.9 Å². The van der Waals surface area contributed by atoms with Gasteiger partial charge in [-0.05, 0) is 37.5 Å². The fourth-order valence-electron chi connectivity index (χ4n) is 3.31. The first kappa shape index (κ1) is 18.1. The highest BCUT2D eigenvalue weighted by molar-refractivity contribution is 7.89. The number of carbonyl (C=O) groups is 1. The number of hydrogen-bond acceptors (Lipinski definition) is 6. The van der Waals surface area contributed by atoms with Crippen LogP contribution in [0.5, 0.6) is 5.75 Å². The maximum absolute atomic E-state index is 12.7. The zero-order chi connectivity index (χ0) is 18.0. The molecule has 3 N–H and O–H groups in total. The van der Waals surface area contributed by atoms with E-state index >= 15 is 0 Å². The van der Waals surface area contributed by atoms with E-state index in [9.17, 15) is 13.2 Å². The van der Waals surface area contributed by atoms with E-state index in [2.05, 4.69) is 4.72 Å². The first-order chi connectivity index (χ1) is 11.9. The normalized spacial score (nSPS) is 26.7. The fraction of sp³-hybridized carbons (Fsp3) is 0.562. The quantitative estimate of drug-likeness (QED) is 0.775. The first-order valence-corrected chi connectivity index (χ1v) is 9.62. The van der Waals surface area contributed by atoms with Crippen LogP contribution >= 0.6 is 0 Å². The lowest BCUT2D eigenvalue weighted by molar-refractivity contribution is -0.156. The zero-order valence-corrected chi connectivity index (χ0v) is 14.8. The highest BCUT2D eigenvalue weighted by Crippen LogP contribution is 2.28. The number of benzene rings is 1. The van der Waals surface area contributed by atoms with Crippen molar-refractivity contribution in [1.82, 2.24) is 4.72 Å². The van der Waals surface area contributed by atoms with E-state index in [1.165, 1.54) is 25.3 Å². The lowest BCUT2D eigenvalue weighted by Crippen LogP contribution is -2.49. The van der Waals surface area contributed by atoms with Gasteiger partial charge in [0.15, 0.2) is 0 Å². The second kappa shape index (κ2) is 7.28. The molecule has 0 spiro atoms. The number of nitrogens with one attached hydrogen (secondary N) is 1. The van der Waals surface area contributed by atoms with Gasteiger partial charge in [-0.25, -0.2) is 13.1 Å². The number of amides is 1. The molecule has 3 unspecified atom stereocenters. The molecule has 3 rings (SSSR count). The highest BCUT2D eigenvalue weighted by Gasteiger charge is 2.36. The number of methoxy groups -OCH3 is 1. The molecule has 2 aliphatic rings. The number of rotatable bonds is 5. The number of nitrogens with two attached hydrogens (primary N) is 1. The van der Waals surface area contributed by atoms with Gasteiger partial charge in [0, 0.05) is 6.04 Å². The predicted molar refractivity (Wildman–Crippen MR) is 89.0 cm³/mol. The van der Waals surface area contributed by atoms with Crippen molar-refractivity contribution in [3.63, 3.8) is 0 Å². The Morgan fingerprint density at radius 3 is 2.64 bits per heavy atom. The molecule has 1 aromatic carbocycles. The van der Waals surface area contributed by atoms with Crippen LogP contribution in [0.25, 0.3) is 0 Å². The molecule has 0 radical (unpaired) electrons. The van der Waals surface area contributed by atoms with Crippen molar-refractivity contribution < 1.29 is 27.4 Å². The number of carbonyl (C=O) groups excluding carboxylic acids is 1. The summed E-state index contributed by atoms with van der Waals surface area (Å²) in [6.45, 7) is 1.11. The van der Waals surface area contributed by atoms with Gasteiger partial charge in [0.2, 0.25) is 10.0 Å². The monoisotopic (exact) mass is 370 g/mol. The number of sulfonamides is 1. The third-order valence-corrected chi connectivity index (χ3v) is 6.07. The second-order valence-corrected chi connectivity index (χ2v) is 7.89. The minimum Gasteiger partial charge on any atom is -0.496 e. The van der Waals surface area contributed by atoms with E-state index in [0.29, 0.717) is 26.1 Å². The Kier molecular flexibility index (Phi) is 5.28. The van der Waals surface area contributed by atoms with Gasteiger partial charge in [0.25, 0.3) is 5.91 Å². The molecule has 0 aromatic heterocycles. The number of primary amides is 1. The van der Waals surface area contributed by atoms with Gasteiger partial charge >= 0.3 is 0 Å². The van der Waals surface area contributed by atoms with Crippen molar-refractivity contribution in [3.05, 3.63) is 23.8 Å². The topological polar surface area (TPSA) is 117 Å². The molecular weight excluding hydrogens is 348 g/mol.